The second-order valence-electron chi connectivity index (χ2n) is 6.52. The van der Waals surface area contributed by atoms with Crippen LogP contribution in [0.5, 0.6) is 17.2 Å². The minimum absolute atomic E-state index is 0.112. The van der Waals surface area contributed by atoms with Gasteiger partial charge >= 0.3 is 5.97 Å². The number of methoxy groups -OCH3 is 3. The molecule has 2 aromatic rings. The number of rotatable bonds is 9. The van der Waals surface area contributed by atoms with Crippen molar-refractivity contribution in [2.75, 3.05) is 26.6 Å². The molecule has 0 fully saturated rings. The Morgan fingerprint density at radius 1 is 0.966 bits per heavy atom. The van der Waals surface area contributed by atoms with Gasteiger partial charge in [-0.3, -0.25) is 9.59 Å². The highest BCUT2D eigenvalue weighted by Gasteiger charge is 2.19. The van der Waals surface area contributed by atoms with E-state index in [1.165, 1.54) is 21.3 Å². The van der Waals surface area contributed by atoms with Crippen molar-refractivity contribution in [3.05, 3.63) is 47.5 Å². The Morgan fingerprint density at radius 2 is 1.55 bits per heavy atom. The topological polar surface area (TPSA) is 83.1 Å². The molecular weight excluding hydrogens is 374 g/mol. The van der Waals surface area contributed by atoms with Crippen molar-refractivity contribution in [3.63, 3.8) is 0 Å². The third-order valence-electron chi connectivity index (χ3n) is 4.34. The van der Waals surface area contributed by atoms with E-state index in [2.05, 4.69) is 5.32 Å². The zero-order valence-corrected chi connectivity index (χ0v) is 17.4. The predicted molar refractivity (Wildman–Crippen MR) is 110 cm³/mol. The first kappa shape index (κ1) is 22.1. The fraction of sp³-hybridized carbons (Fsp3) is 0.364. The van der Waals surface area contributed by atoms with Gasteiger partial charge in [0.25, 0.3) is 5.91 Å². The van der Waals surface area contributed by atoms with E-state index in [1.807, 2.05) is 19.1 Å². The normalized spacial score (nSPS) is 11.3. The summed E-state index contributed by atoms with van der Waals surface area (Å²) in [5.74, 6) is 0.671. The molecule has 0 heterocycles. The van der Waals surface area contributed by atoms with Crippen LogP contribution in [0.2, 0.25) is 0 Å². The highest BCUT2D eigenvalue weighted by molar-refractivity contribution is 5.95. The number of hydrogen-bond donors (Lipinski definition) is 1. The zero-order valence-electron chi connectivity index (χ0n) is 17.4. The zero-order chi connectivity index (χ0) is 21.4. The number of nitrogens with one attached hydrogen (secondary N) is 1. The van der Waals surface area contributed by atoms with Gasteiger partial charge in [-0.2, -0.15) is 0 Å². The SMILES string of the molecule is COc1cc(CCC(=O)O[C@H](C)C(=O)Nc2ccc(C)cc2)cc(OC)c1OC. The predicted octanol–water partition coefficient (Wildman–Crippen LogP) is 3.52. The number of carbonyl (C=O) groups excluding carboxylic acids is 2. The van der Waals surface area contributed by atoms with Gasteiger partial charge in [-0.15, -0.1) is 0 Å². The average Bonchev–Trinajstić information content (AvgIpc) is 2.72. The van der Waals surface area contributed by atoms with Crippen LogP contribution in [0.15, 0.2) is 36.4 Å². The van der Waals surface area contributed by atoms with Gasteiger partial charge in [0.15, 0.2) is 17.6 Å². The van der Waals surface area contributed by atoms with Crippen LogP contribution in [-0.4, -0.2) is 39.3 Å². The number of amides is 1. The van der Waals surface area contributed by atoms with E-state index in [0.717, 1.165) is 11.1 Å². The first-order valence-electron chi connectivity index (χ1n) is 9.23. The van der Waals surface area contributed by atoms with Gasteiger partial charge in [0.2, 0.25) is 5.75 Å². The first-order chi connectivity index (χ1) is 13.9. The molecule has 0 aromatic heterocycles. The third kappa shape index (κ3) is 6.14. The number of hydrogen-bond acceptors (Lipinski definition) is 6. The maximum absolute atomic E-state index is 12.2. The Morgan fingerprint density at radius 3 is 2.07 bits per heavy atom. The van der Waals surface area contributed by atoms with Crippen LogP contribution in [0.3, 0.4) is 0 Å². The van der Waals surface area contributed by atoms with Gasteiger partial charge in [-0.05, 0) is 50.1 Å². The Bertz CT molecular complexity index is 822. The van der Waals surface area contributed by atoms with Crippen molar-refractivity contribution < 1.29 is 28.5 Å². The van der Waals surface area contributed by atoms with Crippen molar-refractivity contribution in [1.82, 2.24) is 0 Å². The summed E-state index contributed by atoms with van der Waals surface area (Å²) in [4.78, 5) is 24.4. The summed E-state index contributed by atoms with van der Waals surface area (Å²) in [6, 6.07) is 10.9. The fourth-order valence-corrected chi connectivity index (χ4v) is 2.72. The van der Waals surface area contributed by atoms with Crippen LogP contribution >= 0.6 is 0 Å². The molecule has 2 aromatic carbocycles. The van der Waals surface area contributed by atoms with Crippen molar-refractivity contribution in [1.29, 1.82) is 0 Å². The molecule has 156 valence electrons. The van der Waals surface area contributed by atoms with Gasteiger partial charge in [0.05, 0.1) is 21.3 Å². The van der Waals surface area contributed by atoms with Crippen LogP contribution in [0.25, 0.3) is 0 Å². The molecular formula is C22H27NO6. The largest absolute Gasteiger partial charge is 0.493 e. The van der Waals surface area contributed by atoms with Gasteiger partial charge < -0.3 is 24.3 Å². The van der Waals surface area contributed by atoms with E-state index in [0.29, 0.717) is 29.4 Å². The standard InChI is InChI=1S/C22H27NO6/c1-14-6-9-17(10-7-14)23-22(25)15(2)29-20(24)11-8-16-12-18(26-3)21(28-5)19(13-16)27-4/h6-7,9-10,12-13,15H,8,11H2,1-5H3,(H,23,25)/t15-/m1/s1. The molecule has 1 atom stereocenters. The Hall–Kier alpha value is -3.22. The highest BCUT2D eigenvalue weighted by atomic mass is 16.5. The maximum Gasteiger partial charge on any atom is 0.306 e. The smallest absolute Gasteiger partial charge is 0.306 e. The highest BCUT2D eigenvalue weighted by Crippen LogP contribution is 2.38. The third-order valence-corrected chi connectivity index (χ3v) is 4.34. The molecule has 0 aliphatic carbocycles. The van der Waals surface area contributed by atoms with Gasteiger partial charge in [0.1, 0.15) is 0 Å². The summed E-state index contributed by atoms with van der Waals surface area (Å²) in [5, 5.41) is 2.73. The van der Waals surface area contributed by atoms with Crippen molar-refractivity contribution in [3.8, 4) is 17.2 Å². The van der Waals surface area contributed by atoms with E-state index < -0.39 is 12.1 Å². The lowest BCUT2D eigenvalue weighted by atomic mass is 10.1. The molecule has 1 amide bonds. The van der Waals surface area contributed by atoms with Crippen LogP contribution in [0.1, 0.15) is 24.5 Å². The van der Waals surface area contributed by atoms with Crippen LogP contribution < -0.4 is 19.5 Å². The molecule has 0 aliphatic heterocycles. The van der Waals surface area contributed by atoms with Crippen molar-refractivity contribution in [2.24, 2.45) is 0 Å². The van der Waals surface area contributed by atoms with Gasteiger partial charge in [-0.1, -0.05) is 17.7 Å². The van der Waals surface area contributed by atoms with Gasteiger partial charge in [-0.25, -0.2) is 0 Å². The molecule has 2 rings (SSSR count). The summed E-state index contributed by atoms with van der Waals surface area (Å²) in [5.41, 5.74) is 2.57. The first-order valence-corrected chi connectivity index (χ1v) is 9.23. The summed E-state index contributed by atoms with van der Waals surface area (Å²) in [6.45, 7) is 3.50. The number of ether oxygens (including phenoxy) is 4. The van der Waals surface area contributed by atoms with E-state index in [1.54, 1.807) is 31.2 Å². The lowest BCUT2D eigenvalue weighted by molar-refractivity contribution is -0.153. The molecule has 0 radical (unpaired) electrons. The number of esters is 1. The van der Waals surface area contributed by atoms with E-state index in [4.69, 9.17) is 18.9 Å². The minimum atomic E-state index is -0.899. The maximum atomic E-state index is 12.2. The van der Waals surface area contributed by atoms with Crippen molar-refractivity contribution >= 4 is 17.6 Å². The van der Waals surface area contributed by atoms with Gasteiger partial charge in [0, 0.05) is 12.1 Å². The molecule has 0 unspecified atom stereocenters. The summed E-state index contributed by atoms with van der Waals surface area (Å²) in [6.07, 6.45) is -0.383. The minimum Gasteiger partial charge on any atom is -0.493 e. The fourth-order valence-electron chi connectivity index (χ4n) is 2.72. The van der Waals surface area contributed by atoms with Crippen molar-refractivity contribution in [2.45, 2.75) is 32.8 Å². The Balaban J connectivity index is 1.92. The molecule has 7 heteroatoms. The lowest BCUT2D eigenvalue weighted by Crippen LogP contribution is -2.30. The Kier molecular flexibility index (Phi) is 7.88. The average molecular weight is 401 g/mol. The number of anilines is 1. The molecule has 0 bridgehead atoms. The molecule has 0 spiro atoms. The second-order valence-corrected chi connectivity index (χ2v) is 6.52. The second kappa shape index (κ2) is 10.4. The number of carbonyl (C=O) groups is 2. The number of aryl methyl sites for hydroxylation is 2. The van der Waals surface area contributed by atoms with E-state index in [-0.39, 0.29) is 12.3 Å². The number of benzene rings is 2. The molecule has 29 heavy (non-hydrogen) atoms. The van der Waals surface area contributed by atoms with Crippen LogP contribution in [-0.2, 0) is 20.7 Å². The van der Waals surface area contributed by atoms with Crippen LogP contribution in [0, 0.1) is 6.92 Å². The van der Waals surface area contributed by atoms with Crippen LogP contribution in [0.4, 0.5) is 5.69 Å². The molecule has 0 saturated heterocycles. The molecule has 0 aliphatic rings. The summed E-state index contributed by atoms with van der Waals surface area (Å²) < 4.78 is 21.2. The Labute approximate surface area is 170 Å². The molecule has 7 nitrogen and oxygen atoms in total. The quantitative estimate of drug-likeness (QED) is 0.648. The lowest BCUT2D eigenvalue weighted by Gasteiger charge is -2.15. The summed E-state index contributed by atoms with van der Waals surface area (Å²) >= 11 is 0. The van der Waals surface area contributed by atoms with E-state index in [9.17, 15) is 9.59 Å². The van der Waals surface area contributed by atoms with E-state index >= 15 is 0 Å². The molecule has 0 saturated carbocycles. The monoisotopic (exact) mass is 401 g/mol. The molecule has 1 N–H and O–H groups in total. The summed E-state index contributed by atoms with van der Waals surface area (Å²) in [7, 11) is 4.59.